The molecule has 3 aromatic rings. The molecule has 1 fully saturated rings. The van der Waals surface area contributed by atoms with E-state index in [9.17, 15) is 14.7 Å². The van der Waals surface area contributed by atoms with Gasteiger partial charge in [0.2, 0.25) is 0 Å². The van der Waals surface area contributed by atoms with Crippen LogP contribution < -0.4 is 5.56 Å². The van der Waals surface area contributed by atoms with Gasteiger partial charge in [-0.2, -0.15) is 0 Å². The maximum absolute atomic E-state index is 13.2. The number of rotatable bonds is 6. The Balaban J connectivity index is 1.54. The van der Waals surface area contributed by atoms with Crippen LogP contribution in [0.4, 0.5) is 4.79 Å². The summed E-state index contributed by atoms with van der Waals surface area (Å²) in [6.07, 6.45) is 2.28. The number of hydrogen-bond donors (Lipinski definition) is 1. The zero-order chi connectivity index (χ0) is 24.5. The SMILES string of the molecule is CC(c1ccc(-c2ccn(C)c(=O)c2)cc1)N1CC[C@](CC(C)(C)O)(c2ccccc2)OC1=O. The lowest BCUT2D eigenvalue weighted by atomic mass is 9.80. The lowest BCUT2D eigenvalue weighted by Gasteiger charge is -2.45. The molecule has 0 spiro atoms. The maximum atomic E-state index is 13.2. The molecule has 1 aromatic heterocycles. The van der Waals surface area contributed by atoms with Crippen LogP contribution in [0.3, 0.4) is 0 Å². The van der Waals surface area contributed by atoms with Gasteiger partial charge in [0.25, 0.3) is 5.56 Å². The summed E-state index contributed by atoms with van der Waals surface area (Å²) in [7, 11) is 1.72. The highest BCUT2D eigenvalue weighted by atomic mass is 16.6. The molecule has 0 saturated carbocycles. The Labute approximate surface area is 200 Å². The highest BCUT2D eigenvalue weighted by Gasteiger charge is 2.46. The molecule has 6 heteroatoms. The van der Waals surface area contributed by atoms with Gasteiger partial charge in [0.1, 0.15) is 5.60 Å². The highest BCUT2D eigenvalue weighted by Crippen LogP contribution is 2.42. The van der Waals surface area contributed by atoms with Gasteiger partial charge >= 0.3 is 6.09 Å². The molecule has 1 N–H and O–H groups in total. The molecule has 1 aliphatic rings. The number of aromatic nitrogens is 1. The summed E-state index contributed by atoms with van der Waals surface area (Å²) in [5.41, 5.74) is 1.78. The summed E-state index contributed by atoms with van der Waals surface area (Å²) in [5, 5.41) is 10.6. The Morgan fingerprint density at radius 1 is 1.03 bits per heavy atom. The second-order valence-corrected chi connectivity index (χ2v) is 9.82. The van der Waals surface area contributed by atoms with Crippen molar-refractivity contribution in [1.29, 1.82) is 0 Å². The van der Waals surface area contributed by atoms with Crippen LogP contribution in [0, 0.1) is 0 Å². The number of cyclic esters (lactones) is 1. The Hall–Kier alpha value is -3.38. The van der Waals surface area contributed by atoms with E-state index < -0.39 is 11.2 Å². The van der Waals surface area contributed by atoms with Crippen LogP contribution >= 0.6 is 0 Å². The fraction of sp³-hybridized carbons (Fsp3) is 0.357. The van der Waals surface area contributed by atoms with Crippen molar-refractivity contribution >= 4 is 6.09 Å². The van der Waals surface area contributed by atoms with Crippen molar-refractivity contribution in [2.75, 3.05) is 6.54 Å². The zero-order valence-corrected chi connectivity index (χ0v) is 20.2. The van der Waals surface area contributed by atoms with E-state index >= 15 is 0 Å². The summed E-state index contributed by atoms with van der Waals surface area (Å²) in [5.74, 6) is 0. The third kappa shape index (κ3) is 4.92. The number of hydrogen-bond acceptors (Lipinski definition) is 4. The second kappa shape index (κ2) is 9.11. The van der Waals surface area contributed by atoms with Gasteiger partial charge < -0.3 is 19.3 Å². The number of aryl methyl sites for hydroxylation is 1. The minimum Gasteiger partial charge on any atom is -0.438 e. The quantitative estimate of drug-likeness (QED) is 0.561. The maximum Gasteiger partial charge on any atom is 0.411 e. The predicted molar refractivity (Wildman–Crippen MR) is 132 cm³/mol. The molecule has 0 bridgehead atoms. The predicted octanol–water partition coefficient (Wildman–Crippen LogP) is 5.01. The van der Waals surface area contributed by atoms with Crippen LogP contribution in [-0.2, 0) is 17.4 Å². The summed E-state index contributed by atoms with van der Waals surface area (Å²) in [6.45, 7) is 5.98. The van der Waals surface area contributed by atoms with Gasteiger partial charge in [0, 0.05) is 38.7 Å². The van der Waals surface area contributed by atoms with E-state index in [1.807, 2.05) is 67.6 Å². The average molecular weight is 461 g/mol. The second-order valence-electron chi connectivity index (χ2n) is 9.82. The Morgan fingerprint density at radius 2 is 1.71 bits per heavy atom. The first kappa shape index (κ1) is 23.8. The first-order chi connectivity index (χ1) is 16.1. The fourth-order valence-electron chi connectivity index (χ4n) is 4.75. The third-order valence-corrected chi connectivity index (χ3v) is 6.59. The molecule has 6 nitrogen and oxygen atoms in total. The van der Waals surface area contributed by atoms with E-state index in [2.05, 4.69) is 0 Å². The van der Waals surface area contributed by atoms with E-state index in [1.54, 1.807) is 38.1 Å². The van der Waals surface area contributed by atoms with Crippen molar-refractivity contribution in [2.45, 2.75) is 50.9 Å². The lowest BCUT2D eigenvalue weighted by molar-refractivity contribution is -0.101. The molecule has 4 rings (SSSR count). The van der Waals surface area contributed by atoms with Crippen molar-refractivity contribution in [3.8, 4) is 11.1 Å². The standard InChI is InChI=1S/C28H32N2O4/c1-20(21-10-12-22(13-11-21)23-14-16-29(4)25(31)18-23)30-17-15-28(34-26(30)32,19-27(2,3)33)24-8-6-5-7-9-24/h5-14,16,18,20,33H,15,17,19H2,1-4H3/t20?,28-/m0/s1. The number of aliphatic hydroxyl groups is 1. The van der Waals surface area contributed by atoms with Crippen molar-refractivity contribution in [2.24, 2.45) is 7.05 Å². The van der Waals surface area contributed by atoms with Gasteiger partial charge in [-0.15, -0.1) is 0 Å². The van der Waals surface area contributed by atoms with E-state index in [4.69, 9.17) is 4.74 Å². The molecule has 0 aliphatic carbocycles. The molecular formula is C28H32N2O4. The Kier molecular flexibility index (Phi) is 6.36. The average Bonchev–Trinajstić information content (AvgIpc) is 2.80. The van der Waals surface area contributed by atoms with Gasteiger partial charge in [-0.3, -0.25) is 4.79 Å². The molecule has 1 unspecified atom stereocenters. The normalized spacial score (nSPS) is 19.6. The first-order valence-corrected chi connectivity index (χ1v) is 11.6. The monoisotopic (exact) mass is 460 g/mol. The number of ether oxygens (including phenoxy) is 1. The molecule has 34 heavy (non-hydrogen) atoms. The smallest absolute Gasteiger partial charge is 0.411 e. The molecular weight excluding hydrogens is 428 g/mol. The minimum absolute atomic E-state index is 0.0565. The first-order valence-electron chi connectivity index (χ1n) is 11.6. The van der Waals surface area contributed by atoms with Crippen molar-refractivity contribution in [3.05, 3.63) is 94.4 Å². The lowest BCUT2D eigenvalue weighted by Crippen LogP contribution is -2.51. The van der Waals surface area contributed by atoms with Crippen molar-refractivity contribution < 1.29 is 14.6 Å². The summed E-state index contributed by atoms with van der Waals surface area (Å²) >= 11 is 0. The number of nitrogens with zero attached hydrogens (tertiary/aromatic N) is 2. The van der Waals surface area contributed by atoms with E-state index in [1.165, 1.54) is 4.57 Å². The third-order valence-electron chi connectivity index (χ3n) is 6.59. The molecule has 2 aromatic carbocycles. The highest BCUT2D eigenvalue weighted by molar-refractivity contribution is 5.70. The van der Waals surface area contributed by atoms with Crippen LogP contribution in [-0.4, -0.2) is 32.8 Å². The summed E-state index contributed by atoms with van der Waals surface area (Å²) < 4.78 is 7.64. The number of carbonyl (C=O) groups excluding carboxylic acids is 1. The van der Waals surface area contributed by atoms with Gasteiger partial charge in [-0.25, -0.2) is 4.79 Å². The molecule has 2 atom stereocenters. The Morgan fingerprint density at radius 3 is 2.29 bits per heavy atom. The molecule has 1 amide bonds. The van der Waals surface area contributed by atoms with Crippen LogP contribution in [0.25, 0.3) is 11.1 Å². The van der Waals surface area contributed by atoms with E-state index in [0.717, 1.165) is 22.3 Å². The van der Waals surface area contributed by atoms with E-state index in [-0.39, 0.29) is 17.7 Å². The fourth-order valence-corrected chi connectivity index (χ4v) is 4.75. The number of benzene rings is 2. The Bertz CT molecular complexity index is 1210. The van der Waals surface area contributed by atoms with E-state index in [0.29, 0.717) is 19.4 Å². The summed E-state index contributed by atoms with van der Waals surface area (Å²) in [6, 6.07) is 20.9. The van der Waals surface area contributed by atoms with Crippen LogP contribution in [0.2, 0.25) is 0 Å². The minimum atomic E-state index is -0.988. The molecule has 1 saturated heterocycles. The topological polar surface area (TPSA) is 71.8 Å². The number of pyridine rings is 1. The molecule has 2 heterocycles. The largest absolute Gasteiger partial charge is 0.438 e. The van der Waals surface area contributed by atoms with Gasteiger partial charge in [0.15, 0.2) is 0 Å². The van der Waals surface area contributed by atoms with Gasteiger partial charge in [-0.1, -0.05) is 54.6 Å². The van der Waals surface area contributed by atoms with Crippen molar-refractivity contribution in [1.82, 2.24) is 9.47 Å². The van der Waals surface area contributed by atoms with Gasteiger partial charge in [-0.05, 0) is 49.1 Å². The van der Waals surface area contributed by atoms with Crippen LogP contribution in [0.15, 0.2) is 77.7 Å². The molecule has 178 valence electrons. The van der Waals surface area contributed by atoms with Crippen LogP contribution in [0.5, 0.6) is 0 Å². The molecule has 0 radical (unpaired) electrons. The van der Waals surface area contributed by atoms with Crippen molar-refractivity contribution in [3.63, 3.8) is 0 Å². The number of amides is 1. The summed E-state index contributed by atoms with van der Waals surface area (Å²) in [4.78, 5) is 26.9. The molecule has 1 aliphatic heterocycles. The zero-order valence-electron chi connectivity index (χ0n) is 20.2. The van der Waals surface area contributed by atoms with Crippen LogP contribution in [0.1, 0.15) is 50.8 Å². The number of carbonyl (C=O) groups is 1. The van der Waals surface area contributed by atoms with Gasteiger partial charge in [0.05, 0.1) is 11.6 Å².